The van der Waals surface area contributed by atoms with Crippen LogP contribution in [0, 0.1) is 5.92 Å². The van der Waals surface area contributed by atoms with Crippen molar-refractivity contribution in [2.75, 3.05) is 13.7 Å². The average molecular weight is 277 g/mol. The van der Waals surface area contributed by atoms with E-state index in [4.69, 9.17) is 4.74 Å². The molecule has 1 aromatic rings. The van der Waals surface area contributed by atoms with E-state index in [2.05, 4.69) is 5.32 Å². The summed E-state index contributed by atoms with van der Waals surface area (Å²) in [5.41, 5.74) is 1.16. The number of carbonyl (C=O) groups excluding carboxylic acids is 1. The first-order valence-corrected chi connectivity index (χ1v) is 7.25. The number of benzene rings is 1. The number of ether oxygens (including phenoxy) is 1. The Morgan fingerprint density at radius 1 is 1.55 bits per heavy atom. The third kappa shape index (κ3) is 3.73. The molecule has 0 aromatic heterocycles. The molecule has 110 valence electrons. The van der Waals surface area contributed by atoms with Crippen LogP contribution < -0.4 is 10.1 Å². The van der Waals surface area contributed by atoms with Gasteiger partial charge in [-0.2, -0.15) is 0 Å². The van der Waals surface area contributed by atoms with Gasteiger partial charge in [-0.25, -0.2) is 0 Å². The van der Waals surface area contributed by atoms with Crippen molar-refractivity contribution >= 4 is 5.91 Å². The predicted molar refractivity (Wildman–Crippen MR) is 77.8 cm³/mol. The van der Waals surface area contributed by atoms with Crippen molar-refractivity contribution in [1.82, 2.24) is 5.32 Å². The van der Waals surface area contributed by atoms with Gasteiger partial charge in [-0.05, 0) is 42.9 Å². The molecule has 0 aliphatic heterocycles. The van der Waals surface area contributed by atoms with Gasteiger partial charge in [-0.15, -0.1) is 0 Å². The van der Waals surface area contributed by atoms with Crippen molar-refractivity contribution in [3.8, 4) is 5.75 Å². The van der Waals surface area contributed by atoms with Crippen LogP contribution in [0.3, 0.4) is 0 Å². The van der Waals surface area contributed by atoms with Crippen LogP contribution in [0.2, 0.25) is 0 Å². The van der Waals surface area contributed by atoms with Gasteiger partial charge in [0.1, 0.15) is 5.75 Å². The molecule has 20 heavy (non-hydrogen) atoms. The second kappa shape index (κ2) is 6.75. The van der Waals surface area contributed by atoms with Gasteiger partial charge in [-0.3, -0.25) is 4.79 Å². The standard InChI is InChI=1S/C16H23NO3/c1-3-12(18)7-8-17-16(19)15-10-14(15)11-5-4-6-13(9-11)20-2/h4-6,9,12,14-15,18H,3,7-8,10H2,1-2H3,(H,17,19). The number of amides is 1. The molecule has 1 aromatic carbocycles. The van der Waals surface area contributed by atoms with Crippen LogP contribution in [0.15, 0.2) is 24.3 Å². The number of aliphatic hydroxyl groups is 1. The van der Waals surface area contributed by atoms with Crippen molar-refractivity contribution < 1.29 is 14.6 Å². The van der Waals surface area contributed by atoms with E-state index in [-0.39, 0.29) is 17.9 Å². The highest BCUT2D eigenvalue weighted by molar-refractivity contribution is 5.82. The number of aliphatic hydroxyl groups excluding tert-OH is 1. The van der Waals surface area contributed by atoms with Crippen LogP contribution in [0.4, 0.5) is 0 Å². The lowest BCUT2D eigenvalue weighted by Gasteiger charge is -2.09. The summed E-state index contributed by atoms with van der Waals surface area (Å²) < 4.78 is 5.20. The molecule has 1 saturated carbocycles. The summed E-state index contributed by atoms with van der Waals surface area (Å²) in [5, 5.41) is 12.4. The maximum absolute atomic E-state index is 12.0. The Bertz CT molecular complexity index is 461. The maximum Gasteiger partial charge on any atom is 0.223 e. The van der Waals surface area contributed by atoms with Gasteiger partial charge in [0.25, 0.3) is 0 Å². The highest BCUT2D eigenvalue weighted by Gasteiger charge is 2.43. The molecule has 4 nitrogen and oxygen atoms in total. The summed E-state index contributed by atoms with van der Waals surface area (Å²) in [6.07, 6.45) is 1.93. The molecule has 3 unspecified atom stereocenters. The van der Waals surface area contributed by atoms with E-state index in [1.54, 1.807) is 7.11 Å². The Balaban J connectivity index is 1.80. The molecule has 2 rings (SSSR count). The van der Waals surface area contributed by atoms with Crippen molar-refractivity contribution in [1.29, 1.82) is 0 Å². The van der Waals surface area contributed by atoms with Crippen molar-refractivity contribution in [3.05, 3.63) is 29.8 Å². The Kier molecular flexibility index (Phi) is 5.01. The second-order valence-corrected chi connectivity index (χ2v) is 5.37. The fourth-order valence-corrected chi connectivity index (χ4v) is 2.42. The fourth-order valence-electron chi connectivity index (χ4n) is 2.42. The number of methoxy groups -OCH3 is 1. The zero-order valence-corrected chi connectivity index (χ0v) is 12.1. The van der Waals surface area contributed by atoms with Crippen molar-refractivity contribution in [2.24, 2.45) is 5.92 Å². The number of nitrogens with one attached hydrogen (secondary N) is 1. The second-order valence-electron chi connectivity index (χ2n) is 5.37. The summed E-state index contributed by atoms with van der Waals surface area (Å²) in [4.78, 5) is 12.0. The van der Waals surface area contributed by atoms with Gasteiger partial charge in [0.2, 0.25) is 5.91 Å². The first-order valence-electron chi connectivity index (χ1n) is 7.25. The topological polar surface area (TPSA) is 58.6 Å². The zero-order chi connectivity index (χ0) is 14.5. The van der Waals surface area contributed by atoms with E-state index in [0.717, 1.165) is 24.2 Å². The number of carbonyl (C=O) groups is 1. The van der Waals surface area contributed by atoms with Gasteiger partial charge >= 0.3 is 0 Å². The lowest BCUT2D eigenvalue weighted by atomic mass is 10.1. The normalized spacial score (nSPS) is 22.1. The van der Waals surface area contributed by atoms with Gasteiger partial charge in [0.05, 0.1) is 13.2 Å². The minimum Gasteiger partial charge on any atom is -0.497 e. The zero-order valence-electron chi connectivity index (χ0n) is 12.1. The Morgan fingerprint density at radius 3 is 3.05 bits per heavy atom. The largest absolute Gasteiger partial charge is 0.497 e. The average Bonchev–Trinajstić information content (AvgIpc) is 3.27. The molecule has 0 saturated heterocycles. The predicted octanol–water partition coefficient (Wildman–Crippen LogP) is 2.08. The number of hydrogen-bond donors (Lipinski definition) is 2. The molecule has 0 radical (unpaired) electrons. The molecule has 0 spiro atoms. The van der Waals surface area contributed by atoms with Crippen LogP contribution in [-0.2, 0) is 4.79 Å². The van der Waals surface area contributed by atoms with E-state index in [9.17, 15) is 9.90 Å². The minimum absolute atomic E-state index is 0.0703. The van der Waals surface area contributed by atoms with Crippen LogP contribution in [0.1, 0.15) is 37.7 Å². The molecule has 1 amide bonds. The van der Waals surface area contributed by atoms with E-state index >= 15 is 0 Å². The SMILES string of the molecule is CCC(O)CCNC(=O)C1CC1c1cccc(OC)c1. The van der Waals surface area contributed by atoms with Crippen molar-refractivity contribution in [2.45, 2.75) is 38.2 Å². The quantitative estimate of drug-likeness (QED) is 0.802. The number of rotatable bonds is 7. The summed E-state index contributed by atoms with van der Waals surface area (Å²) in [5.74, 6) is 1.31. The van der Waals surface area contributed by atoms with E-state index in [0.29, 0.717) is 18.9 Å². The summed E-state index contributed by atoms with van der Waals surface area (Å²) in [6, 6.07) is 7.91. The maximum atomic E-state index is 12.0. The third-order valence-corrected chi connectivity index (χ3v) is 3.90. The lowest BCUT2D eigenvalue weighted by molar-refractivity contribution is -0.122. The van der Waals surface area contributed by atoms with Gasteiger partial charge in [0.15, 0.2) is 0 Å². The Morgan fingerprint density at radius 2 is 2.35 bits per heavy atom. The van der Waals surface area contributed by atoms with Crippen LogP contribution in [0.25, 0.3) is 0 Å². The van der Waals surface area contributed by atoms with Gasteiger partial charge in [0, 0.05) is 12.5 Å². The highest BCUT2D eigenvalue weighted by atomic mass is 16.5. The summed E-state index contributed by atoms with van der Waals surface area (Å²) in [6.45, 7) is 2.49. The Hall–Kier alpha value is -1.55. The minimum atomic E-state index is -0.316. The lowest BCUT2D eigenvalue weighted by Crippen LogP contribution is -2.28. The Labute approximate surface area is 120 Å². The monoisotopic (exact) mass is 277 g/mol. The molecule has 0 bridgehead atoms. The van der Waals surface area contributed by atoms with Crippen molar-refractivity contribution in [3.63, 3.8) is 0 Å². The molecule has 4 heteroatoms. The van der Waals surface area contributed by atoms with Crippen LogP contribution in [-0.4, -0.2) is 30.8 Å². The first kappa shape index (κ1) is 14.9. The van der Waals surface area contributed by atoms with Gasteiger partial charge < -0.3 is 15.2 Å². The molecule has 1 aliphatic rings. The van der Waals surface area contributed by atoms with E-state index < -0.39 is 0 Å². The van der Waals surface area contributed by atoms with E-state index in [1.165, 1.54) is 0 Å². The third-order valence-electron chi connectivity index (χ3n) is 3.90. The molecular formula is C16H23NO3. The van der Waals surface area contributed by atoms with Crippen LogP contribution >= 0.6 is 0 Å². The molecule has 1 fully saturated rings. The molecular weight excluding hydrogens is 254 g/mol. The first-order chi connectivity index (χ1) is 9.65. The van der Waals surface area contributed by atoms with Crippen LogP contribution in [0.5, 0.6) is 5.75 Å². The summed E-state index contributed by atoms with van der Waals surface area (Å²) in [7, 11) is 1.65. The smallest absolute Gasteiger partial charge is 0.223 e. The summed E-state index contributed by atoms with van der Waals surface area (Å²) >= 11 is 0. The molecule has 2 N–H and O–H groups in total. The fraction of sp³-hybridized carbons (Fsp3) is 0.562. The van der Waals surface area contributed by atoms with E-state index in [1.807, 2.05) is 31.2 Å². The van der Waals surface area contributed by atoms with Gasteiger partial charge in [-0.1, -0.05) is 19.1 Å². The molecule has 1 aliphatic carbocycles. The molecule has 3 atom stereocenters. The molecule has 0 heterocycles. The number of hydrogen-bond acceptors (Lipinski definition) is 3. The highest BCUT2D eigenvalue weighted by Crippen LogP contribution is 2.48.